The maximum atomic E-state index is 13.2. The second-order valence-corrected chi connectivity index (χ2v) is 8.06. The van der Waals surface area contributed by atoms with Crippen LogP contribution in [0.1, 0.15) is 35.4 Å². The van der Waals surface area contributed by atoms with E-state index in [1.807, 2.05) is 29.2 Å². The highest BCUT2D eigenvalue weighted by molar-refractivity contribution is 6.31. The molecule has 2 aliphatic rings. The maximum Gasteiger partial charge on any atom is 0.230 e. The summed E-state index contributed by atoms with van der Waals surface area (Å²) in [5.41, 5.74) is 6.10. The van der Waals surface area contributed by atoms with Gasteiger partial charge in [-0.1, -0.05) is 41.4 Å². The minimum atomic E-state index is -0.340. The van der Waals surface area contributed by atoms with Crippen molar-refractivity contribution >= 4 is 34.7 Å². The first-order valence-corrected chi connectivity index (χ1v) is 9.97. The van der Waals surface area contributed by atoms with Gasteiger partial charge in [0.25, 0.3) is 0 Å². The van der Waals surface area contributed by atoms with Gasteiger partial charge in [0.05, 0.1) is 5.92 Å². The molecule has 1 atom stereocenters. The van der Waals surface area contributed by atoms with E-state index in [0.29, 0.717) is 24.5 Å². The van der Waals surface area contributed by atoms with E-state index < -0.39 is 0 Å². The molecule has 1 heterocycles. The Morgan fingerprint density at radius 3 is 2.59 bits per heavy atom. The molecule has 1 unspecified atom stereocenters. The minimum Gasteiger partial charge on any atom is -0.396 e. The van der Waals surface area contributed by atoms with Crippen molar-refractivity contribution in [3.63, 3.8) is 0 Å². The summed E-state index contributed by atoms with van der Waals surface area (Å²) in [4.78, 5) is 15.2. The van der Waals surface area contributed by atoms with Crippen LogP contribution in [0.2, 0.25) is 10.0 Å². The summed E-state index contributed by atoms with van der Waals surface area (Å²) in [7, 11) is 0. The summed E-state index contributed by atoms with van der Waals surface area (Å²) in [6.07, 6.45) is 2.15. The summed E-state index contributed by atoms with van der Waals surface area (Å²) in [5.74, 6) is -0.264. The van der Waals surface area contributed by atoms with Crippen molar-refractivity contribution in [3.8, 4) is 0 Å². The van der Waals surface area contributed by atoms with Crippen LogP contribution < -0.4 is 0 Å². The topological polar surface area (TPSA) is 40.5 Å². The first-order valence-electron chi connectivity index (χ1n) is 9.21. The van der Waals surface area contributed by atoms with Crippen LogP contribution in [0.4, 0.5) is 0 Å². The maximum absolute atomic E-state index is 13.2. The Balaban J connectivity index is 1.55. The molecule has 1 aliphatic heterocycles. The summed E-state index contributed by atoms with van der Waals surface area (Å²) in [6.45, 7) is 1.32. The predicted molar refractivity (Wildman–Crippen MR) is 109 cm³/mol. The molecule has 27 heavy (non-hydrogen) atoms. The fourth-order valence-electron chi connectivity index (χ4n) is 4.20. The first-order chi connectivity index (χ1) is 13.1. The Hall–Kier alpha value is -1.81. The molecule has 0 spiro atoms. The van der Waals surface area contributed by atoms with Crippen molar-refractivity contribution in [3.05, 3.63) is 74.8 Å². The lowest BCUT2D eigenvalue weighted by Crippen LogP contribution is -2.39. The monoisotopic (exact) mass is 401 g/mol. The highest BCUT2D eigenvalue weighted by Gasteiger charge is 2.32. The van der Waals surface area contributed by atoms with Gasteiger partial charge in [0.1, 0.15) is 0 Å². The van der Waals surface area contributed by atoms with Gasteiger partial charge in [-0.2, -0.15) is 0 Å². The van der Waals surface area contributed by atoms with Crippen molar-refractivity contribution in [2.24, 2.45) is 0 Å². The molecule has 0 saturated heterocycles. The van der Waals surface area contributed by atoms with Gasteiger partial charge in [-0.3, -0.25) is 4.79 Å². The number of aliphatic hydroxyl groups excluding tert-OH is 1. The zero-order chi connectivity index (χ0) is 19.0. The standard InChI is InChI=1S/C22H21Cl2NO2/c23-17-4-1-14(2-5-17)20(8-10-26)22(27)25-9-7-19-16(13-25)11-15-3-6-18(24)12-21(15)19/h1-6,12,20,26H,7-11,13H2. The van der Waals surface area contributed by atoms with Crippen LogP contribution in [0.5, 0.6) is 0 Å². The first kappa shape index (κ1) is 18.5. The fraction of sp³-hybridized carbons (Fsp3) is 0.318. The van der Waals surface area contributed by atoms with Crippen LogP contribution >= 0.6 is 23.2 Å². The molecular weight excluding hydrogens is 381 g/mol. The molecule has 140 valence electrons. The lowest BCUT2D eigenvalue weighted by Gasteiger charge is -2.32. The fourth-order valence-corrected chi connectivity index (χ4v) is 4.49. The van der Waals surface area contributed by atoms with Gasteiger partial charge in [-0.25, -0.2) is 0 Å². The van der Waals surface area contributed by atoms with E-state index in [9.17, 15) is 9.90 Å². The number of hydrogen-bond acceptors (Lipinski definition) is 2. The number of halogens is 2. The summed E-state index contributed by atoms with van der Waals surface area (Å²) >= 11 is 12.1. The van der Waals surface area contributed by atoms with Gasteiger partial charge in [0, 0.05) is 29.7 Å². The van der Waals surface area contributed by atoms with E-state index in [-0.39, 0.29) is 18.4 Å². The summed E-state index contributed by atoms with van der Waals surface area (Å²) in [6, 6.07) is 13.4. The van der Waals surface area contributed by atoms with E-state index in [1.165, 1.54) is 22.3 Å². The zero-order valence-corrected chi connectivity index (χ0v) is 16.4. The number of carbonyl (C=O) groups excluding carboxylic acids is 1. The lowest BCUT2D eigenvalue weighted by atomic mass is 9.92. The van der Waals surface area contributed by atoms with Gasteiger partial charge < -0.3 is 10.0 Å². The van der Waals surface area contributed by atoms with Crippen molar-refractivity contribution in [2.75, 3.05) is 19.7 Å². The number of rotatable bonds is 4. The second kappa shape index (κ2) is 7.67. The van der Waals surface area contributed by atoms with E-state index in [4.69, 9.17) is 23.2 Å². The zero-order valence-electron chi connectivity index (χ0n) is 14.9. The average molecular weight is 402 g/mol. The van der Waals surface area contributed by atoms with Gasteiger partial charge in [0.2, 0.25) is 5.91 Å². The largest absolute Gasteiger partial charge is 0.396 e. The third-order valence-corrected chi connectivity index (χ3v) is 6.03. The Bertz CT molecular complexity index is 905. The van der Waals surface area contributed by atoms with E-state index >= 15 is 0 Å². The number of benzene rings is 2. The molecule has 3 nitrogen and oxygen atoms in total. The third kappa shape index (κ3) is 3.64. The highest BCUT2D eigenvalue weighted by atomic mass is 35.5. The van der Waals surface area contributed by atoms with Crippen LogP contribution in [-0.4, -0.2) is 35.6 Å². The summed E-state index contributed by atoms with van der Waals surface area (Å²) in [5, 5.41) is 10.9. The van der Waals surface area contributed by atoms with E-state index in [2.05, 4.69) is 6.07 Å². The smallest absolute Gasteiger partial charge is 0.230 e. The van der Waals surface area contributed by atoms with Crippen molar-refractivity contribution in [1.82, 2.24) is 4.90 Å². The molecule has 0 radical (unpaired) electrons. The lowest BCUT2D eigenvalue weighted by molar-refractivity contribution is -0.133. The number of hydrogen-bond donors (Lipinski definition) is 1. The molecule has 1 aliphatic carbocycles. The number of nitrogens with zero attached hydrogens (tertiary/aromatic N) is 1. The summed E-state index contributed by atoms with van der Waals surface area (Å²) < 4.78 is 0. The molecule has 2 aromatic rings. The van der Waals surface area contributed by atoms with Gasteiger partial charge in [0.15, 0.2) is 0 Å². The van der Waals surface area contributed by atoms with E-state index in [0.717, 1.165) is 23.4 Å². The number of carbonyl (C=O) groups is 1. The molecule has 1 N–H and O–H groups in total. The van der Waals surface area contributed by atoms with Crippen LogP contribution in [0.3, 0.4) is 0 Å². The normalized spacial score (nSPS) is 16.9. The molecule has 0 aromatic heterocycles. The third-order valence-electron chi connectivity index (χ3n) is 5.54. The van der Waals surface area contributed by atoms with Crippen LogP contribution in [0.25, 0.3) is 5.57 Å². The Kier molecular flexibility index (Phi) is 5.27. The van der Waals surface area contributed by atoms with Gasteiger partial charge >= 0.3 is 0 Å². The molecule has 1 amide bonds. The van der Waals surface area contributed by atoms with Crippen LogP contribution in [0.15, 0.2) is 48.0 Å². The molecule has 0 saturated carbocycles. The minimum absolute atomic E-state index is 0.0231. The van der Waals surface area contributed by atoms with Gasteiger partial charge in [-0.15, -0.1) is 0 Å². The van der Waals surface area contributed by atoms with Crippen LogP contribution in [-0.2, 0) is 11.2 Å². The average Bonchev–Trinajstić information content (AvgIpc) is 3.03. The molecule has 0 bridgehead atoms. The predicted octanol–water partition coefficient (Wildman–Crippen LogP) is 4.70. The van der Waals surface area contributed by atoms with Crippen molar-refractivity contribution in [2.45, 2.75) is 25.2 Å². The molecular formula is C22H21Cl2NO2. The Morgan fingerprint density at radius 1 is 1.11 bits per heavy atom. The van der Waals surface area contributed by atoms with Gasteiger partial charge in [-0.05, 0) is 71.4 Å². The Labute approximate surface area is 169 Å². The number of aliphatic hydroxyl groups is 1. The number of fused-ring (bicyclic) bond motifs is 2. The Morgan fingerprint density at radius 2 is 1.85 bits per heavy atom. The molecule has 5 heteroatoms. The SMILES string of the molecule is O=C(C(CCO)c1ccc(Cl)cc1)N1CCC2=C(Cc3ccc(Cl)cc32)C1. The molecule has 4 rings (SSSR count). The van der Waals surface area contributed by atoms with E-state index in [1.54, 1.807) is 12.1 Å². The second-order valence-electron chi connectivity index (χ2n) is 7.19. The molecule has 2 aromatic carbocycles. The molecule has 0 fully saturated rings. The van der Waals surface area contributed by atoms with Crippen molar-refractivity contribution < 1.29 is 9.90 Å². The van der Waals surface area contributed by atoms with Crippen molar-refractivity contribution in [1.29, 1.82) is 0 Å². The number of amides is 1. The quantitative estimate of drug-likeness (QED) is 0.805. The van der Waals surface area contributed by atoms with Crippen LogP contribution in [0, 0.1) is 0 Å². The highest BCUT2D eigenvalue weighted by Crippen LogP contribution is 2.40.